The summed E-state index contributed by atoms with van der Waals surface area (Å²) < 4.78 is 1.30. The maximum Gasteiger partial charge on any atom is 0.266 e. The molecule has 3 N–H and O–H groups in total. The number of nitrogens with two attached hydrogens (primary N) is 1. The number of aromatic nitrogens is 2. The molecule has 0 aromatic carbocycles. The van der Waals surface area contributed by atoms with Gasteiger partial charge in [0.1, 0.15) is 6.04 Å². The molecule has 1 aliphatic carbocycles. The Balaban J connectivity index is 2.11. The molecule has 1 aromatic heterocycles. The van der Waals surface area contributed by atoms with E-state index in [1.54, 1.807) is 14.0 Å². The summed E-state index contributed by atoms with van der Waals surface area (Å²) in [6, 6.07) is 0.838. The van der Waals surface area contributed by atoms with E-state index in [4.69, 9.17) is 5.73 Å². The predicted molar refractivity (Wildman–Crippen MR) is 71.8 cm³/mol. The molecule has 2 atom stereocenters. The lowest BCUT2D eigenvalue weighted by atomic mass is 9.86. The van der Waals surface area contributed by atoms with Crippen LogP contribution in [0.4, 0.5) is 0 Å². The van der Waals surface area contributed by atoms with Crippen molar-refractivity contribution in [3.05, 3.63) is 27.7 Å². The number of hydrogen-bond acceptors (Lipinski definition) is 4. The monoisotopic (exact) mass is 278 g/mol. The van der Waals surface area contributed by atoms with Gasteiger partial charge in [0, 0.05) is 19.0 Å². The molecule has 2 amide bonds. The predicted octanol–water partition coefficient (Wildman–Crippen LogP) is -1.12. The number of rotatable bonds is 3. The third-order valence-corrected chi connectivity index (χ3v) is 3.61. The molecule has 0 bridgehead atoms. The number of nitrogens with one attached hydrogen (secondary N) is 1. The van der Waals surface area contributed by atoms with Crippen LogP contribution in [-0.4, -0.2) is 27.6 Å². The van der Waals surface area contributed by atoms with Gasteiger partial charge in [-0.15, -0.1) is 0 Å². The largest absolute Gasteiger partial charge is 0.368 e. The second-order valence-electron chi connectivity index (χ2n) is 5.15. The number of carbonyl (C=O) groups is 2. The minimum absolute atomic E-state index is 0.185. The van der Waals surface area contributed by atoms with E-state index in [1.165, 1.54) is 10.7 Å². The molecule has 1 aliphatic rings. The molecule has 1 aromatic rings. The van der Waals surface area contributed by atoms with Crippen LogP contribution >= 0.6 is 0 Å². The number of primary amides is 1. The van der Waals surface area contributed by atoms with Crippen LogP contribution in [0.5, 0.6) is 0 Å². The summed E-state index contributed by atoms with van der Waals surface area (Å²) in [5.74, 6) is -1.02. The minimum Gasteiger partial charge on any atom is -0.368 e. The first-order valence-electron chi connectivity index (χ1n) is 6.54. The fourth-order valence-electron chi connectivity index (χ4n) is 2.31. The lowest BCUT2D eigenvalue weighted by Gasteiger charge is -2.24. The number of fused-ring (bicyclic) bond motifs is 1. The second kappa shape index (κ2) is 5.44. The second-order valence-corrected chi connectivity index (χ2v) is 5.15. The van der Waals surface area contributed by atoms with Gasteiger partial charge >= 0.3 is 0 Å². The van der Waals surface area contributed by atoms with Crippen molar-refractivity contribution < 1.29 is 9.59 Å². The number of carbonyl (C=O) groups excluding carboxylic acids is 2. The van der Waals surface area contributed by atoms with Crippen LogP contribution in [0, 0.1) is 5.92 Å². The van der Waals surface area contributed by atoms with Crippen LogP contribution in [0.15, 0.2) is 10.9 Å². The van der Waals surface area contributed by atoms with E-state index >= 15 is 0 Å². The fraction of sp³-hybridized carbons (Fsp3) is 0.538. The van der Waals surface area contributed by atoms with Gasteiger partial charge in [-0.3, -0.25) is 14.4 Å². The zero-order chi connectivity index (χ0) is 14.9. The van der Waals surface area contributed by atoms with Crippen molar-refractivity contribution in [2.24, 2.45) is 18.7 Å². The van der Waals surface area contributed by atoms with E-state index in [1.807, 2.05) is 0 Å². The Morgan fingerprint density at radius 1 is 1.55 bits per heavy atom. The smallest absolute Gasteiger partial charge is 0.266 e. The van der Waals surface area contributed by atoms with Crippen molar-refractivity contribution >= 4 is 11.8 Å². The quantitative estimate of drug-likeness (QED) is 0.729. The normalized spacial score (nSPS) is 19.0. The van der Waals surface area contributed by atoms with Crippen LogP contribution in [0.1, 0.15) is 24.6 Å². The molecule has 7 heteroatoms. The highest BCUT2D eigenvalue weighted by molar-refractivity contribution is 5.87. The van der Waals surface area contributed by atoms with Crippen LogP contribution in [-0.2, 0) is 29.5 Å². The first kappa shape index (κ1) is 14.2. The van der Waals surface area contributed by atoms with Crippen molar-refractivity contribution in [3.63, 3.8) is 0 Å². The lowest BCUT2D eigenvalue weighted by Crippen LogP contribution is -2.45. The third kappa shape index (κ3) is 2.87. The molecule has 0 spiro atoms. The summed E-state index contributed by atoms with van der Waals surface area (Å²) in [5.41, 5.74) is 6.61. The molecule has 1 heterocycles. The molecule has 20 heavy (non-hydrogen) atoms. The van der Waals surface area contributed by atoms with E-state index in [0.717, 1.165) is 11.3 Å². The Morgan fingerprint density at radius 2 is 2.25 bits per heavy atom. The summed E-state index contributed by atoms with van der Waals surface area (Å²) in [6.45, 7) is 1.55. The number of amides is 2. The topological polar surface area (TPSA) is 107 Å². The Morgan fingerprint density at radius 3 is 2.90 bits per heavy atom. The fourth-order valence-corrected chi connectivity index (χ4v) is 2.31. The summed E-state index contributed by atoms with van der Waals surface area (Å²) in [5, 5.41) is 6.78. The third-order valence-electron chi connectivity index (χ3n) is 3.61. The molecule has 0 fully saturated rings. The highest BCUT2D eigenvalue weighted by atomic mass is 16.2. The number of nitrogens with zero attached hydrogens (tertiary/aromatic N) is 2. The van der Waals surface area contributed by atoms with Crippen molar-refractivity contribution in [1.82, 2.24) is 15.1 Å². The molecule has 108 valence electrons. The summed E-state index contributed by atoms with van der Waals surface area (Å²) >= 11 is 0. The zero-order valence-electron chi connectivity index (χ0n) is 11.5. The van der Waals surface area contributed by atoms with Gasteiger partial charge in [0.05, 0.1) is 5.69 Å². The highest BCUT2D eigenvalue weighted by Gasteiger charge is 2.27. The van der Waals surface area contributed by atoms with Crippen LogP contribution in [0.2, 0.25) is 0 Å². The van der Waals surface area contributed by atoms with E-state index in [-0.39, 0.29) is 17.4 Å². The van der Waals surface area contributed by atoms with Crippen LogP contribution < -0.4 is 16.6 Å². The first-order valence-corrected chi connectivity index (χ1v) is 6.54. The van der Waals surface area contributed by atoms with Gasteiger partial charge in [-0.2, -0.15) is 5.10 Å². The Labute approximate surface area is 116 Å². The molecule has 7 nitrogen and oxygen atoms in total. The maximum atomic E-state index is 12.1. The SMILES string of the molecule is CC(NC(=O)C1CCc2nn(C)c(=O)cc2C1)C(N)=O. The Bertz CT molecular complexity index is 608. The summed E-state index contributed by atoms with van der Waals surface area (Å²) in [4.78, 5) is 34.6. The average Bonchev–Trinajstić information content (AvgIpc) is 2.39. The highest BCUT2D eigenvalue weighted by Crippen LogP contribution is 2.23. The van der Waals surface area contributed by atoms with Gasteiger partial charge in [-0.25, -0.2) is 4.68 Å². The number of hydrogen-bond donors (Lipinski definition) is 2. The Hall–Kier alpha value is -2.18. The van der Waals surface area contributed by atoms with Crippen molar-refractivity contribution in [3.8, 4) is 0 Å². The molecule has 2 unspecified atom stereocenters. The van der Waals surface area contributed by atoms with E-state index in [2.05, 4.69) is 10.4 Å². The summed E-state index contributed by atoms with van der Waals surface area (Å²) in [6.07, 6.45) is 1.76. The van der Waals surface area contributed by atoms with Crippen molar-refractivity contribution in [2.45, 2.75) is 32.2 Å². The van der Waals surface area contributed by atoms with Gasteiger partial charge in [-0.1, -0.05) is 0 Å². The molecular formula is C13H18N4O3. The molecular weight excluding hydrogens is 260 g/mol. The molecule has 0 saturated carbocycles. The Kier molecular flexibility index (Phi) is 3.87. The zero-order valence-corrected chi connectivity index (χ0v) is 11.5. The van der Waals surface area contributed by atoms with E-state index in [0.29, 0.717) is 19.3 Å². The first-order chi connectivity index (χ1) is 9.38. The standard InChI is InChI=1S/C13H18N4O3/c1-7(12(14)19)15-13(20)8-3-4-10-9(5-8)6-11(18)17(2)16-10/h6-8H,3-5H2,1-2H3,(H2,14,19)(H,15,20). The lowest BCUT2D eigenvalue weighted by molar-refractivity contribution is -0.129. The van der Waals surface area contributed by atoms with Gasteiger partial charge < -0.3 is 11.1 Å². The van der Waals surface area contributed by atoms with Gasteiger partial charge in [0.25, 0.3) is 5.56 Å². The molecule has 2 rings (SSSR count). The maximum absolute atomic E-state index is 12.1. The average molecular weight is 278 g/mol. The molecule has 0 aliphatic heterocycles. The summed E-state index contributed by atoms with van der Waals surface area (Å²) in [7, 11) is 1.61. The van der Waals surface area contributed by atoms with Crippen molar-refractivity contribution in [2.75, 3.05) is 0 Å². The van der Waals surface area contributed by atoms with E-state index < -0.39 is 11.9 Å². The van der Waals surface area contributed by atoms with Crippen LogP contribution in [0.25, 0.3) is 0 Å². The minimum atomic E-state index is -0.689. The van der Waals surface area contributed by atoms with Crippen LogP contribution in [0.3, 0.4) is 0 Å². The van der Waals surface area contributed by atoms with Gasteiger partial charge in [0.15, 0.2) is 0 Å². The van der Waals surface area contributed by atoms with Gasteiger partial charge in [0.2, 0.25) is 11.8 Å². The van der Waals surface area contributed by atoms with E-state index in [9.17, 15) is 14.4 Å². The molecule has 0 saturated heterocycles. The molecule has 0 radical (unpaired) electrons. The van der Waals surface area contributed by atoms with Gasteiger partial charge in [-0.05, 0) is 31.7 Å². The van der Waals surface area contributed by atoms with Crippen molar-refractivity contribution in [1.29, 1.82) is 0 Å². The number of aryl methyl sites for hydroxylation is 2.